The van der Waals surface area contributed by atoms with E-state index in [4.69, 9.17) is 8.94 Å². The van der Waals surface area contributed by atoms with Crippen molar-refractivity contribution in [3.05, 3.63) is 28.1 Å². The number of aromatic nitrogens is 2. The molecule has 0 aromatic carbocycles. The highest BCUT2D eigenvalue weighted by Gasteiger charge is 2.17. The van der Waals surface area contributed by atoms with Crippen LogP contribution in [0.3, 0.4) is 0 Å². The third kappa shape index (κ3) is 1.91. The van der Waals surface area contributed by atoms with Crippen LogP contribution in [0.15, 0.2) is 21.1 Å². The highest BCUT2D eigenvalue weighted by Crippen LogP contribution is 2.24. The van der Waals surface area contributed by atoms with E-state index < -0.39 is 4.92 Å². The van der Waals surface area contributed by atoms with Gasteiger partial charge in [0.25, 0.3) is 5.89 Å². The molecule has 8 heteroatoms. The molecule has 8 nitrogen and oxygen atoms in total. The van der Waals surface area contributed by atoms with Gasteiger partial charge in [0.2, 0.25) is 0 Å². The molecule has 2 aromatic rings. The third-order valence-electron chi connectivity index (χ3n) is 1.79. The highest BCUT2D eigenvalue weighted by atomic mass is 16.6. The predicted octanol–water partition coefficient (Wildman–Crippen LogP) is 0.957. The number of furan rings is 1. The van der Waals surface area contributed by atoms with Gasteiger partial charge in [-0.2, -0.15) is 4.98 Å². The standard InChI is InChI=1S/C8H8N4O4/c1-9-4-6-10-8(16-11-6)5-2-3-7(15-5)12(13)14/h2-3,9H,4H2,1H3. The molecule has 2 aromatic heterocycles. The van der Waals surface area contributed by atoms with Crippen molar-refractivity contribution in [2.45, 2.75) is 6.54 Å². The Bertz CT molecular complexity index is 504. The lowest BCUT2D eigenvalue weighted by atomic mass is 10.4. The van der Waals surface area contributed by atoms with Crippen LogP contribution in [0.2, 0.25) is 0 Å². The van der Waals surface area contributed by atoms with Gasteiger partial charge in [-0.25, -0.2) is 0 Å². The van der Waals surface area contributed by atoms with Gasteiger partial charge in [-0.05, 0) is 13.1 Å². The van der Waals surface area contributed by atoms with Crippen LogP contribution in [-0.2, 0) is 6.54 Å². The van der Waals surface area contributed by atoms with E-state index >= 15 is 0 Å². The molecule has 84 valence electrons. The number of nitrogens with zero attached hydrogens (tertiary/aromatic N) is 3. The second-order valence-corrected chi connectivity index (χ2v) is 2.94. The number of rotatable bonds is 4. The van der Waals surface area contributed by atoms with Gasteiger partial charge >= 0.3 is 5.88 Å². The molecule has 2 heterocycles. The zero-order valence-electron chi connectivity index (χ0n) is 8.34. The number of hydrogen-bond donors (Lipinski definition) is 1. The second kappa shape index (κ2) is 4.11. The van der Waals surface area contributed by atoms with Crippen molar-refractivity contribution in [3.63, 3.8) is 0 Å². The molecule has 0 unspecified atom stereocenters. The van der Waals surface area contributed by atoms with Crippen LogP contribution in [0.4, 0.5) is 5.88 Å². The van der Waals surface area contributed by atoms with E-state index in [2.05, 4.69) is 15.5 Å². The SMILES string of the molecule is CNCc1noc(-c2ccc([N+](=O)[O-])o2)n1. The summed E-state index contributed by atoms with van der Waals surface area (Å²) in [5.41, 5.74) is 0. The summed E-state index contributed by atoms with van der Waals surface area (Å²) in [6, 6.07) is 2.64. The first-order valence-corrected chi connectivity index (χ1v) is 4.42. The largest absolute Gasteiger partial charge is 0.433 e. The maximum Gasteiger partial charge on any atom is 0.433 e. The van der Waals surface area contributed by atoms with Crippen LogP contribution in [0.5, 0.6) is 0 Å². The maximum absolute atomic E-state index is 10.4. The van der Waals surface area contributed by atoms with Crippen LogP contribution >= 0.6 is 0 Å². The van der Waals surface area contributed by atoms with Crippen molar-refractivity contribution < 1.29 is 13.9 Å². The quantitative estimate of drug-likeness (QED) is 0.608. The Morgan fingerprint density at radius 3 is 3.00 bits per heavy atom. The number of nitrogens with one attached hydrogen (secondary N) is 1. The zero-order valence-corrected chi connectivity index (χ0v) is 8.34. The van der Waals surface area contributed by atoms with Crippen LogP contribution in [0, 0.1) is 10.1 Å². The fourth-order valence-electron chi connectivity index (χ4n) is 1.12. The van der Waals surface area contributed by atoms with E-state index in [1.807, 2.05) is 0 Å². The van der Waals surface area contributed by atoms with E-state index in [1.165, 1.54) is 12.1 Å². The fraction of sp³-hybridized carbons (Fsp3) is 0.250. The molecular weight excluding hydrogens is 216 g/mol. The fourth-order valence-corrected chi connectivity index (χ4v) is 1.12. The molecule has 0 aliphatic rings. The molecule has 0 aliphatic heterocycles. The maximum atomic E-state index is 10.4. The van der Waals surface area contributed by atoms with Crippen LogP contribution in [0.25, 0.3) is 11.7 Å². The van der Waals surface area contributed by atoms with E-state index in [9.17, 15) is 10.1 Å². The van der Waals surface area contributed by atoms with E-state index in [-0.39, 0.29) is 17.5 Å². The van der Waals surface area contributed by atoms with Gasteiger partial charge in [0.1, 0.15) is 4.92 Å². The zero-order chi connectivity index (χ0) is 11.5. The minimum atomic E-state index is -0.631. The van der Waals surface area contributed by atoms with E-state index in [0.717, 1.165) is 0 Å². The Morgan fingerprint density at radius 1 is 1.56 bits per heavy atom. The minimum absolute atomic E-state index is 0.123. The average Bonchev–Trinajstić information content (AvgIpc) is 2.84. The van der Waals surface area contributed by atoms with E-state index in [1.54, 1.807) is 7.05 Å². The van der Waals surface area contributed by atoms with Crippen LogP contribution in [0.1, 0.15) is 5.82 Å². The molecule has 0 saturated carbocycles. The average molecular weight is 224 g/mol. The first kappa shape index (κ1) is 10.3. The summed E-state index contributed by atoms with van der Waals surface area (Å²) in [7, 11) is 1.74. The molecule has 0 fully saturated rings. The number of nitro groups is 1. The Balaban J connectivity index is 2.24. The van der Waals surface area contributed by atoms with Crippen molar-refractivity contribution in [3.8, 4) is 11.7 Å². The molecule has 0 aliphatic carbocycles. The molecule has 16 heavy (non-hydrogen) atoms. The van der Waals surface area contributed by atoms with Gasteiger partial charge in [0.05, 0.1) is 12.6 Å². The Kier molecular flexibility index (Phi) is 2.64. The Hall–Kier alpha value is -2.22. The van der Waals surface area contributed by atoms with Crippen molar-refractivity contribution in [2.24, 2.45) is 0 Å². The van der Waals surface area contributed by atoms with Crippen molar-refractivity contribution in [1.29, 1.82) is 0 Å². The Labute approximate surface area is 89.4 Å². The summed E-state index contributed by atoms with van der Waals surface area (Å²) in [4.78, 5) is 13.7. The summed E-state index contributed by atoms with van der Waals surface area (Å²) in [6.45, 7) is 0.451. The molecule has 0 bridgehead atoms. The van der Waals surface area contributed by atoms with Gasteiger partial charge in [0, 0.05) is 0 Å². The van der Waals surface area contributed by atoms with Crippen molar-refractivity contribution >= 4 is 5.88 Å². The number of hydrogen-bond acceptors (Lipinski definition) is 7. The molecule has 2 rings (SSSR count). The van der Waals surface area contributed by atoms with Crippen LogP contribution in [-0.4, -0.2) is 22.1 Å². The molecule has 0 amide bonds. The molecule has 0 saturated heterocycles. The summed E-state index contributed by atoms with van der Waals surface area (Å²) in [5, 5.41) is 16.9. The minimum Gasteiger partial charge on any atom is -0.395 e. The topological polar surface area (TPSA) is 107 Å². The van der Waals surface area contributed by atoms with Gasteiger partial charge in [-0.1, -0.05) is 5.16 Å². The van der Waals surface area contributed by atoms with Crippen molar-refractivity contribution in [1.82, 2.24) is 15.5 Å². The lowest BCUT2D eigenvalue weighted by Crippen LogP contribution is -2.06. The van der Waals surface area contributed by atoms with Gasteiger partial charge in [-0.3, -0.25) is 10.1 Å². The molecule has 1 N–H and O–H groups in total. The first-order chi connectivity index (χ1) is 7.70. The lowest BCUT2D eigenvalue weighted by molar-refractivity contribution is -0.401. The molecule has 0 atom stereocenters. The monoisotopic (exact) mass is 224 g/mol. The summed E-state index contributed by atoms with van der Waals surface area (Å²) >= 11 is 0. The predicted molar refractivity (Wildman–Crippen MR) is 51.4 cm³/mol. The smallest absolute Gasteiger partial charge is 0.395 e. The summed E-state index contributed by atoms with van der Waals surface area (Å²) in [5.74, 6) is 0.403. The molecule has 0 radical (unpaired) electrons. The molecular formula is C8H8N4O4. The Morgan fingerprint density at radius 2 is 2.38 bits per heavy atom. The molecule has 0 spiro atoms. The lowest BCUT2D eigenvalue weighted by Gasteiger charge is -1.86. The third-order valence-corrected chi connectivity index (χ3v) is 1.79. The van der Waals surface area contributed by atoms with Crippen molar-refractivity contribution in [2.75, 3.05) is 7.05 Å². The highest BCUT2D eigenvalue weighted by molar-refractivity contribution is 5.46. The van der Waals surface area contributed by atoms with Gasteiger partial charge in [0.15, 0.2) is 11.6 Å². The van der Waals surface area contributed by atoms with E-state index in [0.29, 0.717) is 12.4 Å². The first-order valence-electron chi connectivity index (χ1n) is 4.42. The summed E-state index contributed by atoms with van der Waals surface area (Å²) in [6.07, 6.45) is 0. The van der Waals surface area contributed by atoms with Crippen LogP contribution < -0.4 is 5.32 Å². The van der Waals surface area contributed by atoms with Gasteiger partial charge < -0.3 is 14.3 Å². The second-order valence-electron chi connectivity index (χ2n) is 2.94. The van der Waals surface area contributed by atoms with Gasteiger partial charge in [-0.15, -0.1) is 0 Å². The normalized spacial score (nSPS) is 10.6. The summed E-state index contributed by atoms with van der Waals surface area (Å²) < 4.78 is 9.79.